The minimum Gasteiger partial charge on any atom is -0.411 e. The molecule has 2 saturated heterocycles. The molecule has 0 aromatic heterocycles. The Morgan fingerprint density at radius 1 is 0.840 bits per heavy atom. The van der Waals surface area contributed by atoms with Gasteiger partial charge in [0.2, 0.25) is 0 Å². The van der Waals surface area contributed by atoms with Crippen LogP contribution in [0.1, 0.15) is 12.8 Å². The smallest absolute Gasteiger partial charge is 0.411 e. The predicted molar refractivity (Wildman–Crippen MR) is 110 cm³/mol. The molecule has 0 aliphatic carbocycles. The van der Waals surface area contributed by atoms with E-state index in [4.69, 9.17) is 49.7 Å². The number of nitrogens with zero attached hydrogens (tertiary/aromatic N) is 2. The molecule has 140 valence electrons. The molecule has 6 nitrogen and oxygen atoms in total. The van der Waals surface area contributed by atoms with Gasteiger partial charge < -0.3 is 59.5 Å². The standard InChI is InChI=1S/2C6H11NO2S3.Cd/c2*1-7(6(10)11)5-2-3-12(8,9)4-5;/h2*5H,2-4H2,1H3,(H,10,11);/q;;+2/p-2. The topological polar surface area (TPSA) is 74.8 Å². The van der Waals surface area contributed by atoms with E-state index < -0.39 is 19.7 Å². The van der Waals surface area contributed by atoms with E-state index in [2.05, 4.69) is 0 Å². The first-order chi connectivity index (χ1) is 10.8. The monoisotopic (exact) mass is 562 g/mol. The van der Waals surface area contributed by atoms with Gasteiger partial charge in [0, 0.05) is 26.2 Å². The maximum absolute atomic E-state index is 11.1. The maximum Gasteiger partial charge on any atom is 2.00 e. The molecule has 2 rings (SSSR count). The first-order valence-electron chi connectivity index (χ1n) is 7.13. The fourth-order valence-corrected chi connectivity index (χ4v) is 6.60. The molecule has 0 saturated carbocycles. The van der Waals surface area contributed by atoms with Gasteiger partial charge in [-0.15, -0.1) is 0 Å². The minimum absolute atomic E-state index is 0. The van der Waals surface area contributed by atoms with E-state index in [1.54, 1.807) is 23.9 Å². The summed E-state index contributed by atoms with van der Waals surface area (Å²) >= 11 is 19.1. The summed E-state index contributed by atoms with van der Waals surface area (Å²) in [5.41, 5.74) is 0. The van der Waals surface area contributed by atoms with Gasteiger partial charge in [0.1, 0.15) is 0 Å². The van der Waals surface area contributed by atoms with Crippen molar-refractivity contribution in [2.75, 3.05) is 37.1 Å². The van der Waals surface area contributed by atoms with Crippen LogP contribution >= 0.6 is 24.4 Å². The zero-order valence-electron chi connectivity index (χ0n) is 14.1. The summed E-state index contributed by atoms with van der Waals surface area (Å²) in [4.78, 5) is 3.38. The summed E-state index contributed by atoms with van der Waals surface area (Å²) in [6.45, 7) is 0. The Balaban J connectivity index is 0.000000443. The molecule has 2 aliphatic rings. The quantitative estimate of drug-likeness (QED) is 0.259. The first kappa shape index (κ1) is 26.0. The Bertz CT molecular complexity index is 636. The van der Waals surface area contributed by atoms with Crippen LogP contribution in [0.2, 0.25) is 0 Å². The SMILES string of the molecule is CN(C(=S)[S-])C1CCS(=O)(=O)C1.CN(C(=S)[S-])C1CCS(=O)(=O)C1.[Cd+2]. The van der Waals surface area contributed by atoms with Crippen LogP contribution in [-0.4, -0.2) is 84.5 Å². The van der Waals surface area contributed by atoms with Crippen molar-refractivity contribution in [1.29, 1.82) is 0 Å². The molecule has 0 amide bonds. The van der Waals surface area contributed by atoms with Crippen molar-refractivity contribution in [3.8, 4) is 0 Å². The van der Waals surface area contributed by atoms with Gasteiger partial charge in [-0.25, -0.2) is 16.8 Å². The van der Waals surface area contributed by atoms with Gasteiger partial charge in [-0.1, -0.05) is 8.64 Å². The average Bonchev–Trinajstić information content (AvgIpc) is 2.99. The van der Waals surface area contributed by atoms with Gasteiger partial charge in [-0.05, 0) is 12.8 Å². The van der Waals surface area contributed by atoms with Crippen LogP contribution in [0, 0.1) is 0 Å². The summed E-state index contributed by atoms with van der Waals surface area (Å²) < 4.78 is 44.9. The Kier molecular flexibility index (Phi) is 11.0. The Hall–Kier alpha value is 1.04. The van der Waals surface area contributed by atoms with Gasteiger partial charge in [0.05, 0.1) is 23.0 Å². The average molecular weight is 561 g/mol. The van der Waals surface area contributed by atoms with E-state index in [9.17, 15) is 16.8 Å². The van der Waals surface area contributed by atoms with Crippen molar-refractivity contribution in [3.05, 3.63) is 0 Å². The molecule has 25 heavy (non-hydrogen) atoms. The van der Waals surface area contributed by atoms with Crippen LogP contribution < -0.4 is 0 Å². The number of hydrogen-bond acceptors (Lipinski definition) is 8. The second-order valence-electron chi connectivity index (χ2n) is 5.87. The van der Waals surface area contributed by atoms with E-state index in [0.29, 0.717) is 21.5 Å². The molecule has 0 N–H and O–H groups in total. The normalized spacial score (nSPS) is 25.8. The van der Waals surface area contributed by atoms with Crippen molar-refractivity contribution in [2.24, 2.45) is 0 Å². The van der Waals surface area contributed by atoms with E-state index in [1.165, 1.54) is 0 Å². The molecule has 2 atom stereocenters. The van der Waals surface area contributed by atoms with E-state index in [1.807, 2.05) is 0 Å². The fraction of sp³-hybridized carbons (Fsp3) is 0.833. The Morgan fingerprint density at radius 3 is 1.28 bits per heavy atom. The molecule has 0 aromatic rings. The van der Waals surface area contributed by atoms with Gasteiger partial charge >= 0.3 is 27.3 Å². The molecular formula is C12H20CdN2O4S6. The van der Waals surface area contributed by atoms with Crippen LogP contribution in [-0.2, 0) is 72.2 Å². The van der Waals surface area contributed by atoms with Crippen LogP contribution in [0.3, 0.4) is 0 Å². The van der Waals surface area contributed by atoms with Gasteiger partial charge in [0.15, 0.2) is 19.7 Å². The summed E-state index contributed by atoms with van der Waals surface area (Å²) in [6, 6.07) is -0.000000000000000444. The summed E-state index contributed by atoms with van der Waals surface area (Å²) in [5, 5.41) is 0. The van der Waals surface area contributed by atoms with Crippen molar-refractivity contribution in [2.45, 2.75) is 24.9 Å². The Labute approximate surface area is 192 Å². The largest absolute Gasteiger partial charge is 2.00 e. The zero-order valence-corrected chi connectivity index (χ0v) is 23.0. The number of thiocarbonyl (C=S) groups is 2. The molecule has 0 radical (unpaired) electrons. The third-order valence-corrected chi connectivity index (χ3v) is 8.74. The second-order valence-corrected chi connectivity index (χ2v) is 12.4. The summed E-state index contributed by atoms with van der Waals surface area (Å²) in [5.74, 6) is 0.917. The Morgan fingerprint density at radius 2 is 1.12 bits per heavy atom. The van der Waals surface area contributed by atoms with Crippen LogP contribution in [0.5, 0.6) is 0 Å². The zero-order chi connectivity index (χ0) is 18.7. The predicted octanol–water partition coefficient (Wildman–Crippen LogP) is -0.128. The van der Waals surface area contributed by atoms with Gasteiger partial charge in [-0.2, -0.15) is 0 Å². The van der Waals surface area contributed by atoms with Crippen molar-refractivity contribution in [1.82, 2.24) is 9.80 Å². The molecule has 2 aliphatic heterocycles. The minimum atomic E-state index is -2.82. The van der Waals surface area contributed by atoms with E-state index >= 15 is 0 Å². The summed E-state index contributed by atoms with van der Waals surface area (Å²) in [7, 11) is -2.14. The number of rotatable bonds is 2. The molecule has 13 heteroatoms. The molecule has 2 heterocycles. The number of sulfone groups is 2. The van der Waals surface area contributed by atoms with Crippen molar-refractivity contribution >= 4 is 78.0 Å². The third kappa shape index (κ3) is 8.72. The van der Waals surface area contributed by atoms with Crippen LogP contribution in [0.25, 0.3) is 0 Å². The summed E-state index contributed by atoms with van der Waals surface area (Å²) in [6.07, 6.45) is 1.30. The van der Waals surface area contributed by atoms with Crippen molar-refractivity contribution in [3.63, 3.8) is 0 Å². The molecule has 0 bridgehead atoms. The molecule has 0 spiro atoms. The van der Waals surface area contributed by atoms with Crippen LogP contribution in [0.4, 0.5) is 0 Å². The van der Waals surface area contributed by atoms with E-state index in [0.717, 1.165) is 0 Å². The van der Waals surface area contributed by atoms with E-state index in [-0.39, 0.29) is 62.4 Å². The van der Waals surface area contributed by atoms with Crippen LogP contribution in [0.15, 0.2) is 0 Å². The van der Waals surface area contributed by atoms with Crippen molar-refractivity contribution < 1.29 is 44.1 Å². The second kappa shape index (κ2) is 10.5. The van der Waals surface area contributed by atoms with Gasteiger partial charge in [-0.3, -0.25) is 0 Å². The number of hydrogen-bond donors (Lipinski definition) is 0. The van der Waals surface area contributed by atoms with Gasteiger partial charge in [0.25, 0.3) is 0 Å². The first-order valence-corrected chi connectivity index (χ1v) is 12.4. The molecule has 2 fully saturated rings. The molecule has 2 unspecified atom stereocenters. The third-order valence-electron chi connectivity index (χ3n) is 4.09. The fourth-order valence-electron chi connectivity index (χ4n) is 2.46. The maximum atomic E-state index is 11.1. The molecular weight excluding hydrogens is 541 g/mol. The molecule has 0 aromatic carbocycles.